The molecular weight excluding hydrogens is 344 g/mol. The molecule has 1 aromatic carbocycles. The van der Waals surface area contributed by atoms with Crippen molar-refractivity contribution in [1.82, 2.24) is 0 Å². The average Bonchev–Trinajstić information content (AvgIpc) is 2.99. The van der Waals surface area contributed by atoms with Crippen LogP contribution in [0.2, 0.25) is 0 Å². The number of nitrogens with one attached hydrogen (secondary N) is 1. The van der Waals surface area contributed by atoms with Crippen molar-refractivity contribution >= 4 is 23.3 Å². The quantitative estimate of drug-likeness (QED) is 0.808. The van der Waals surface area contributed by atoms with Gasteiger partial charge in [-0.15, -0.1) is 0 Å². The Kier molecular flexibility index (Phi) is 5.84. The molecule has 2 aromatic rings. The summed E-state index contributed by atoms with van der Waals surface area (Å²) < 4.78 is 10.4. The Hall–Kier alpha value is -2.76. The standard InChI is InChI=1S/C21H26N2O4/c1-14-8-10-23(11-9-14)18-6-4-17(5-7-18)22-20(24)13-26-21(25)19-12-15(2)27-16(19)3/h4-7,12,14H,8-11,13H2,1-3H3,(H,22,24). The normalized spacial score (nSPS) is 14.9. The minimum Gasteiger partial charge on any atom is -0.466 e. The first kappa shape index (κ1) is 19.0. The number of hydrogen-bond acceptors (Lipinski definition) is 5. The fraction of sp³-hybridized carbons (Fsp3) is 0.429. The van der Waals surface area contributed by atoms with E-state index in [1.54, 1.807) is 19.9 Å². The molecular formula is C21H26N2O4. The minimum absolute atomic E-state index is 0.339. The van der Waals surface area contributed by atoms with Crippen molar-refractivity contribution in [3.63, 3.8) is 0 Å². The summed E-state index contributed by atoms with van der Waals surface area (Å²) in [6.07, 6.45) is 2.42. The van der Waals surface area contributed by atoms with Gasteiger partial charge in [-0.05, 0) is 62.9 Å². The second-order valence-corrected chi connectivity index (χ2v) is 7.17. The van der Waals surface area contributed by atoms with Gasteiger partial charge in [0.25, 0.3) is 5.91 Å². The third-order valence-electron chi connectivity index (χ3n) is 4.90. The Morgan fingerprint density at radius 3 is 2.44 bits per heavy atom. The van der Waals surface area contributed by atoms with Crippen LogP contribution in [-0.2, 0) is 9.53 Å². The lowest BCUT2D eigenvalue weighted by Crippen LogP contribution is -2.32. The number of nitrogens with zero attached hydrogens (tertiary/aromatic N) is 1. The summed E-state index contributed by atoms with van der Waals surface area (Å²) in [7, 11) is 0. The maximum absolute atomic E-state index is 12.0. The third-order valence-corrected chi connectivity index (χ3v) is 4.90. The second kappa shape index (κ2) is 8.29. The highest BCUT2D eigenvalue weighted by atomic mass is 16.5. The first-order chi connectivity index (χ1) is 12.9. The van der Waals surface area contributed by atoms with E-state index in [-0.39, 0.29) is 12.5 Å². The molecule has 0 saturated carbocycles. The number of ether oxygens (including phenoxy) is 1. The zero-order chi connectivity index (χ0) is 19.4. The summed E-state index contributed by atoms with van der Waals surface area (Å²) in [4.78, 5) is 26.4. The van der Waals surface area contributed by atoms with Crippen molar-refractivity contribution in [2.45, 2.75) is 33.6 Å². The Morgan fingerprint density at radius 1 is 1.19 bits per heavy atom. The Bertz CT molecular complexity index is 802. The molecule has 1 fully saturated rings. The summed E-state index contributed by atoms with van der Waals surface area (Å²) in [5.41, 5.74) is 2.19. The van der Waals surface area contributed by atoms with Crippen LogP contribution < -0.4 is 10.2 Å². The fourth-order valence-electron chi connectivity index (χ4n) is 3.26. The van der Waals surface area contributed by atoms with E-state index in [1.807, 2.05) is 24.3 Å². The maximum Gasteiger partial charge on any atom is 0.342 e. The van der Waals surface area contributed by atoms with E-state index in [9.17, 15) is 9.59 Å². The molecule has 0 radical (unpaired) electrons. The van der Waals surface area contributed by atoms with Crippen molar-refractivity contribution in [2.75, 3.05) is 29.9 Å². The third kappa shape index (κ3) is 4.90. The van der Waals surface area contributed by atoms with Gasteiger partial charge >= 0.3 is 5.97 Å². The topological polar surface area (TPSA) is 71.8 Å². The van der Waals surface area contributed by atoms with Crippen molar-refractivity contribution in [2.24, 2.45) is 5.92 Å². The Labute approximate surface area is 159 Å². The average molecular weight is 370 g/mol. The predicted octanol–water partition coefficient (Wildman–Crippen LogP) is 3.93. The van der Waals surface area contributed by atoms with Crippen molar-refractivity contribution in [3.05, 3.63) is 47.4 Å². The number of furan rings is 1. The van der Waals surface area contributed by atoms with Gasteiger partial charge in [-0.1, -0.05) is 6.92 Å². The monoisotopic (exact) mass is 370 g/mol. The van der Waals surface area contributed by atoms with Crippen molar-refractivity contribution < 1.29 is 18.7 Å². The van der Waals surface area contributed by atoms with E-state index in [4.69, 9.17) is 9.15 Å². The number of rotatable bonds is 5. The number of hydrogen-bond donors (Lipinski definition) is 1. The molecule has 6 nitrogen and oxygen atoms in total. The number of amides is 1. The lowest BCUT2D eigenvalue weighted by molar-refractivity contribution is -0.119. The summed E-state index contributed by atoms with van der Waals surface area (Å²) in [5, 5.41) is 2.75. The van der Waals surface area contributed by atoms with Crippen molar-refractivity contribution in [3.8, 4) is 0 Å². The van der Waals surface area contributed by atoms with Gasteiger partial charge < -0.3 is 19.4 Å². The van der Waals surface area contributed by atoms with Crippen LogP contribution in [0.1, 0.15) is 41.6 Å². The SMILES string of the molecule is Cc1cc(C(=O)OCC(=O)Nc2ccc(N3CCC(C)CC3)cc2)c(C)o1. The molecule has 2 heterocycles. The molecule has 1 aliphatic rings. The maximum atomic E-state index is 12.0. The zero-order valence-corrected chi connectivity index (χ0v) is 16.1. The fourth-order valence-corrected chi connectivity index (χ4v) is 3.26. The van der Waals surface area contributed by atoms with Crippen LogP contribution in [0.15, 0.2) is 34.7 Å². The Morgan fingerprint density at radius 2 is 1.85 bits per heavy atom. The molecule has 1 N–H and O–H groups in total. The predicted molar refractivity (Wildman–Crippen MR) is 104 cm³/mol. The van der Waals surface area contributed by atoms with Crippen molar-refractivity contribution in [1.29, 1.82) is 0 Å². The van der Waals surface area contributed by atoms with Gasteiger partial charge in [-0.25, -0.2) is 4.79 Å². The highest BCUT2D eigenvalue weighted by Crippen LogP contribution is 2.24. The number of aryl methyl sites for hydroxylation is 2. The van der Waals surface area contributed by atoms with Crippen LogP contribution in [0.25, 0.3) is 0 Å². The van der Waals surface area contributed by atoms with Gasteiger partial charge in [0, 0.05) is 24.5 Å². The number of anilines is 2. The van der Waals surface area contributed by atoms with Crippen LogP contribution in [0.4, 0.5) is 11.4 Å². The number of esters is 1. The molecule has 3 rings (SSSR count). The molecule has 0 atom stereocenters. The number of benzene rings is 1. The molecule has 144 valence electrons. The molecule has 0 spiro atoms. The number of carbonyl (C=O) groups is 2. The first-order valence-corrected chi connectivity index (χ1v) is 9.31. The number of carbonyl (C=O) groups excluding carboxylic acids is 2. The van der Waals surface area contributed by atoms with Gasteiger partial charge in [0.15, 0.2) is 6.61 Å². The highest BCUT2D eigenvalue weighted by molar-refractivity contribution is 5.96. The molecule has 1 saturated heterocycles. The van der Waals surface area contributed by atoms with Gasteiger partial charge in [-0.3, -0.25) is 4.79 Å². The minimum atomic E-state index is -0.561. The molecule has 0 unspecified atom stereocenters. The summed E-state index contributed by atoms with van der Waals surface area (Å²) in [5.74, 6) is 0.972. The molecule has 6 heteroatoms. The smallest absolute Gasteiger partial charge is 0.342 e. The molecule has 0 aliphatic carbocycles. The molecule has 0 bridgehead atoms. The zero-order valence-electron chi connectivity index (χ0n) is 16.1. The van der Waals surface area contributed by atoms with E-state index in [1.165, 1.54) is 12.8 Å². The van der Waals surface area contributed by atoms with E-state index < -0.39 is 5.97 Å². The Balaban J connectivity index is 1.49. The van der Waals surface area contributed by atoms with Crippen LogP contribution in [0, 0.1) is 19.8 Å². The van der Waals surface area contributed by atoms with E-state index in [0.29, 0.717) is 22.8 Å². The van der Waals surface area contributed by atoms with Crippen LogP contribution in [0.3, 0.4) is 0 Å². The summed E-state index contributed by atoms with van der Waals surface area (Å²) >= 11 is 0. The first-order valence-electron chi connectivity index (χ1n) is 9.31. The largest absolute Gasteiger partial charge is 0.466 e. The highest BCUT2D eigenvalue weighted by Gasteiger charge is 2.17. The van der Waals surface area contributed by atoms with Crippen LogP contribution >= 0.6 is 0 Å². The molecule has 27 heavy (non-hydrogen) atoms. The van der Waals surface area contributed by atoms with Gasteiger partial charge in [-0.2, -0.15) is 0 Å². The summed E-state index contributed by atoms with van der Waals surface area (Å²) in [6.45, 7) is 7.52. The lowest BCUT2D eigenvalue weighted by Gasteiger charge is -2.32. The van der Waals surface area contributed by atoms with E-state index >= 15 is 0 Å². The molecule has 1 aliphatic heterocycles. The van der Waals surface area contributed by atoms with E-state index in [0.717, 1.165) is 24.7 Å². The summed E-state index contributed by atoms with van der Waals surface area (Å²) in [6, 6.07) is 9.37. The number of piperidine rings is 1. The lowest BCUT2D eigenvalue weighted by atomic mass is 9.99. The molecule has 1 aromatic heterocycles. The van der Waals surface area contributed by atoms with Crippen LogP contribution in [0.5, 0.6) is 0 Å². The van der Waals surface area contributed by atoms with Gasteiger partial charge in [0.1, 0.15) is 17.1 Å². The van der Waals surface area contributed by atoms with Crippen LogP contribution in [-0.4, -0.2) is 31.6 Å². The second-order valence-electron chi connectivity index (χ2n) is 7.17. The van der Waals surface area contributed by atoms with Gasteiger partial charge in [0.2, 0.25) is 0 Å². The van der Waals surface area contributed by atoms with E-state index in [2.05, 4.69) is 17.1 Å². The van der Waals surface area contributed by atoms with Gasteiger partial charge in [0.05, 0.1) is 0 Å². The molecule has 1 amide bonds.